The van der Waals surface area contributed by atoms with E-state index in [4.69, 9.17) is 49.5 Å². The first-order chi connectivity index (χ1) is 24.8. The number of likely N-dealkylation sites (N-methyl/N-ethyl adjacent to an activating group) is 1. The number of nitrogens with one attached hydrogen (secondary N) is 2. The molecule has 3 N–H and O–H groups in total. The maximum absolute atomic E-state index is 14.4. The molecular formula is C36H35Cl3N6O6S. The van der Waals surface area contributed by atoms with Crippen molar-refractivity contribution in [1.82, 2.24) is 9.55 Å². The van der Waals surface area contributed by atoms with Gasteiger partial charge in [0, 0.05) is 25.3 Å². The third-order valence-corrected chi connectivity index (χ3v) is 10.5. The Morgan fingerprint density at radius 1 is 0.981 bits per heavy atom. The second kappa shape index (κ2) is 16.3. The van der Waals surface area contributed by atoms with Crippen LogP contribution in [0.2, 0.25) is 15.1 Å². The molecule has 0 aliphatic carbocycles. The lowest BCUT2D eigenvalue weighted by atomic mass is 10.1. The van der Waals surface area contributed by atoms with Crippen molar-refractivity contribution in [3.63, 3.8) is 0 Å². The number of hydrogen-bond donors (Lipinski definition) is 3. The largest absolute Gasteiger partial charge is 0.495 e. The maximum atomic E-state index is 14.4. The van der Waals surface area contributed by atoms with Crippen LogP contribution in [0.5, 0.6) is 5.75 Å². The Hall–Kier alpha value is -4.66. The minimum atomic E-state index is -4.28. The van der Waals surface area contributed by atoms with Crippen LogP contribution < -0.4 is 25.2 Å². The summed E-state index contributed by atoms with van der Waals surface area (Å²) in [6, 6.07) is 18.7. The molecule has 16 heteroatoms. The van der Waals surface area contributed by atoms with Crippen LogP contribution in [-0.2, 0) is 21.4 Å². The predicted octanol–water partition coefficient (Wildman–Crippen LogP) is 7.07. The number of para-hydroxylation sites is 1. The summed E-state index contributed by atoms with van der Waals surface area (Å²) < 4.78 is 36.3. The summed E-state index contributed by atoms with van der Waals surface area (Å²) >= 11 is 18.3. The smallest absolute Gasteiger partial charge is 0.278 e. The highest BCUT2D eigenvalue weighted by molar-refractivity contribution is 7.92. The molecule has 1 amide bonds. The van der Waals surface area contributed by atoms with E-state index < -0.39 is 15.9 Å². The number of ether oxygens (including phenoxy) is 1. The minimum absolute atomic E-state index is 0.00121. The van der Waals surface area contributed by atoms with Gasteiger partial charge in [-0.3, -0.25) is 18.9 Å². The van der Waals surface area contributed by atoms with E-state index in [0.717, 1.165) is 5.69 Å². The van der Waals surface area contributed by atoms with Gasteiger partial charge in [0.05, 0.1) is 61.6 Å². The monoisotopic (exact) mass is 784 g/mol. The Morgan fingerprint density at radius 2 is 1.71 bits per heavy atom. The van der Waals surface area contributed by atoms with Crippen LogP contribution in [0.1, 0.15) is 25.2 Å². The first kappa shape index (κ1) is 38.6. The van der Waals surface area contributed by atoms with Crippen LogP contribution in [0.25, 0.3) is 10.9 Å². The molecule has 0 spiro atoms. The summed E-state index contributed by atoms with van der Waals surface area (Å²) in [5.74, 6) is -0.652. The number of aliphatic hydroxyl groups excluding tert-OH is 1. The number of methoxy groups -OCH3 is 1. The lowest BCUT2D eigenvalue weighted by Crippen LogP contribution is -2.33. The molecule has 1 aromatic heterocycles. The number of rotatable bonds is 13. The van der Waals surface area contributed by atoms with Gasteiger partial charge in [-0.05, 0) is 87.0 Å². The summed E-state index contributed by atoms with van der Waals surface area (Å²) in [6.45, 7) is 6.79. The molecule has 0 bridgehead atoms. The molecule has 0 saturated heterocycles. The molecule has 0 radical (unpaired) electrons. The van der Waals surface area contributed by atoms with Gasteiger partial charge >= 0.3 is 0 Å². The summed E-state index contributed by atoms with van der Waals surface area (Å²) in [5, 5.41) is 12.9. The molecule has 0 unspecified atom stereocenters. The Bertz CT molecular complexity index is 2370. The average molecular weight is 786 g/mol. The number of benzene rings is 4. The normalized spacial score (nSPS) is 11.8. The van der Waals surface area contributed by atoms with Gasteiger partial charge in [-0.15, -0.1) is 0 Å². The Kier molecular flexibility index (Phi) is 12.1. The van der Waals surface area contributed by atoms with Crippen LogP contribution in [0.4, 0.5) is 22.7 Å². The van der Waals surface area contributed by atoms with Crippen molar-refractivity contribution in [2.24, 2.45) is 4.99 Å². The summed E-state index contributed by atoms with van der Waals surface area (Å²) in [6.07, 6.45) is 0. The van der Waals surface area contributed by atoms with Crippen LogP contribution >= 0.6 is 34.8 Å². The van der Waals surface area contributed by atoms with E-state index in [0.29, 0.717) is 35.2 Å². The third-order valence-electron chi connectivity index (χ3n) is 8.12. The molecule has 0 aliphatic heterocycles. The number of carbonyl (C=O) groups excluding carboxylic acids is 1. The van der Waals surface area contributed by atoms with E-state index in [2.05, 4.69) is 10.0 Å². The second-order valence-corrected chi connectivity index (χ2v) is 14.3. The molecule has 1 heterocycles. The predicted molar refractivity (Wildman–Crippen MR) is 208 cm³/mol. The van der Waals surface area contributed by atoms with Crippen molar-refractivity contribution in [1.29, 1.82) is 0 Å². The standard InChI is InChI=1S/C36H35Cl3N6O6S/c1-5-44(15-16-46)22-11-13-28(21(3)17-22)40-33(34-41-29-10-8-7-9-24(29)36(48)45(34)6-2)35(47)42-31-18-23(12-14-32(31)51-4)52(49,50)43-30-20-26(38)25(37)19-27(30)39/h7-14,17-20,43,46H,5-6,15-16H2,1-4H3,(H,42,47). The second-order valence-electron chi connectivity index (χ2n) is 11.4. The fourth-order valence-electron chi connectivity index (χ4n) is 5.46. The minimum Gasteiger partial charge on any atom is -0.495 e. The molecule has 0 aliphatic rings. The van der Waals surface area contributed by atoms with Crippen LogP contribution in [-0.4, -0.2) is 61.5 Å². The van der Waals surface area contributed by atoms with E-state index >= 15 is 0 Å². The van der Waals surface area contributed by atoms with Gasteiger partial charge in [0.1, 0.15) is 5.75 Å². The Labute approximate surface area is 315 Å². The number of nitrogens with zero attached hydrogens (tertiary/aromatic N) is 4. The van der Waals surface area contributed by atoms with Crippen LogP contribution in [0.3, 0.4) is 0 Å². The topological polar surface area (TPSA) is 155 Å². The number of aryl methyl sites for hydroxylation is 1. The fourth-order valence-corrected chi connectivity index (χ4v) is 7.20. The quantitative estimate of drug-likeness (QED) is 0.0846. The number of hydrogen-bond acceptors (Lipinski definition) is 9. The van der Waals surface area contributed by atoms with Gasteiger partial charge in [-0.25, -0.2) is 18.4 Å². The number of fused-ring (bicyclic) bond motifs is 1. The molecule has 0 saturated carbocycles. The summed E-state index contributed by atoms with van der Waals surface area (Å²) in [7, 11) is -2.92. The van der Waals surface area contributed by atoms with E-state index in [9.17, 15) is 23.1 Å². The number of halogens is 3. The lowest BCUT2D eigenvalue weighted by Gasteiger charge is -2.22. The van der Waals surface area contributed by atoms with Gasteiger partial charge < -0.3 is 20.1 Å². The molecule has 4 aromatic carbocycles. The lowest BCUT2D eigenvalue weighted by molar-refractivity contribution is -0.110. The summed E-state index contributed by atoms with van der Waals surface area (Å²) in [4.78, 5) is 39.3. The Morgan fingerprint density at radius 3 is 2.38 bits per heavy atom. The van der Waals surface area contributed by atoms with Crippen molar-refractivity contribution in [2.45, 2.75) is 32.2 Å². The van der Waals surface area contributed by atoms with Crippen molar-refractivity contribution in [2.75, 3.05) is 41.7 Å². The van der Waals surface area contributed by atoms with E-state index in [1.165, 1.54) is 42.0 Å². The van der Waals surface area contributed by atoms with E-state index in [1.807, 2.05) is 30.9 Å². The number of anilines is 3. The zero-order chi connectivity index (χ0) is 37.7. The molecule has 5 rings (SSSR count). The first-order valence-corrected chi connectivity index (χ1v) is 18.6. The molecule has 272 valence electrons. The van der Waals surface area contributed by atoms with Gasteiger partial charge in [-0.2, -0.15) is 0 Å². The van der Waals surface area contributed by atoms with Gasteiger partial charge in [0.15, 0.2) is 11.5 Å². The number of aliphatic imine (C=N–C) groups is 1. The zero-order valence-corrected chi connectivity index (χ0v) is 31.7. The molecule has 0 atom stereocenters. The molecular weight excluding hydrogens is 751 g/mol. The number of carbonyl (C=O) groups is 1. The van der Waals surface area contributed by atoms with Gasteiger partial charge in [-0.1, -0.05) is 46.9 Å². The summed E-state index contributed by atoms with van der Waals surface area (Å²) in [5.41, 5.74) is 1.76. The number of aliphatic hydroxyl groups is 1. The van der Waals surface area contributed by atoms with Crippen molar-refractivity contribution < 1.29 is 23.1 Å². The highest BCUT2D eigenvalue weighted by Crippen LogP contribution is 2.35. The SMILES string of the molecule is CCN(CCO)c1ccc(N=C(C(=O)Nc2cc(S(=O)(=O)Nc3cc(Cl)c(Cl)cc3Cl)ccc2OC)c2nc3ccccc3c(=O)n2CC)c(C)c1. The maximum Gasteiger partial charge on any atom is 0.278 e. The molecule has 5 aromatic rings. The van der Waals surface area contributed by atoms with Crippen molar-refractivity contribution >= 4 is 90.1 Å². The zero-order valence-electron chi connectivity index (χ0n) is 28.6. The Balaban J connectivity index is 1.63. The highest BCUT2D eigenvalue weighted by Gasteiger charge is 2.25. The fraction of sp³-hybridized carbons (Fsp3) is 0.222. The van der Waals surface area contributed by atoms with Crippen LogP contribution in [0, 0.1) is 6.92 Å². The van der Waals surface area contributed by atoms with E-state index in [1.54, 1.807) is 37.3 Å². The van der Waals surface area contributed by atoms with Gasteiger partial charge in [0.2, 0.25) is 0 Å². The van der Waals surface area contributed by atoms with Crippen molar-refractivity contribution in [3.8, 4) is 5.75 Å². The van der Waals surface area contributed by atoms with Crippen molar-refractivity contribution in [3.05, 3.63) is 110 Å². The average Bonchev–Trinajstić information content (AvgIpc) is 3.12. The number of amides is 1. The van der Waals surface area contributed by atoms with Crippen LogP contribution in [0.15, 0.2) is 87.5 Å². The number of sulfonamides is 1. The number of aromatic nitrogens is 2. The highest BCUT2D eigenvalue weighted by atomic mass is 35.5. The first-order valence-electron chi connectivity index (χ1n) is 16.0. The molecule has 52 heavy (non-hydrogen) atoms. The van der Waals surface area contributed by atoms with Gasteiger partial charge in [0.25, 0.3) is 21.5 Å². The molecule has 0 fully saturated rings. The molecule has 12 nitrogen and oxygen atoms in total. The third kappa shape index (κ3) is 8.19. The van der Waals surface area contributed by atoms with E-state index in [-0.39, 0.29) is 67.3 Å².